The maximum atomic E-state index is 11.7. The van der Waals surface area contributed by atoms with Crippen LogP contribution in [0.3, 0.4) is 0 Å². The van der Waals surface area contributed by atoms with E-state index in [1.807, 2.05) is 30.3 Å². The van der Waals surface area contributed by atoms with Gasteiger partial charge in [0, 0.05) is 19.5 Å². The van der Waals surface area contributed by atoms with Gasteiger partial charge >= 0.3 is 0 Å². The molecule has 0 aliphatic rings. The number of carbonyl (C=O) groups excluding carboxylic acids is 2. The molecule has 0 saturated carbocycles. The Kier molecular flexibility index (Phi) is 3.75. The molecule has 2 amide bonds. The van der Waals surface area contributed by atoms with E-state index in [0.29, 0.717) is 5.82 Å². The number of rotatable bonds is 3. The third-order valence-corrected chi connectivity index (χ3v) is 2.68. The Morgan fingerprint density at radius 2 is 1.89 bits per heavy atom. The third-order valence-electron chi connectivity index (χ3n) is 2.68. The number of pyridine rings is 1. The van der Waals surface area contributed by atoms with Crippen molar-refractivity contribution in [2.45, 2.75) is 6.42 Å². The standard InChI is InChI=1S/C14H15N3O2/c1-17(2)14(19)9-13(18)16-12-8-7-10-5-3-4-6-11(10)15-12/h3-8H,9H2,1-2H3,(H,15,16,18). The van der Waals surface area contributed by atoms with Crippen molar-refractivity contribution in [3.05, 3.63) is 36.4 Å². The lowest BCUT2D eigenvalue weighted by atomic mass is 10.2. The van der Waals surface area contributed by atoms with Gasteiger partial charge in [0.15, 0.2) is 0 Å². The lowest BCUT2D eigenvalue weighted by Crippen LogP contribution is -2.27. The summed E-state index contributed by atoms with van der Waals surface area (Å²) in [5.41, 5.74) is 0.805. The molecule has 2 aromatic rings. The minimum Gasteiger partial charge on any atom is -0.348 e. The van der Waals surface area contributed by atoms with Gasteiger partial charge in [0.1, 0.15) is 12.2 Å². The van der Waals surface area contributed by atoms with Crippen LogP contribution in [0.2, 0.25) is 0 Å². The minimum absolute atomic E-state index is 0.179. The van der Waals surface area contributed by atoms with Gasteiger partial charge in [-0.1, -0.05) is 18.2 Å². The summed E-state index contributed by atoms with van der Waals surface area (Å²) >= 11 is 0. The average molecular weight is 257 g/mol. The molecule has 1 heterocycles. The first-order valence-corrected chi connectivity index (χ1v) is 5.92. The highest BCUT2D eigenvalue weighted by molar-refractivity contribution is 6.03. The van der Waals surface area contributed by atoms with Crippen LogP contribution >= 0.6 is 0 Å². The summed E-state index contributed by atoms with van der Waals surface area (Å²) in [5.74, 6) is -0.143. The third kappa shape index (κ3) is 3.28. The highest BCUT2D eigenvalue weighted by atomic mass is 16.2. The molecule has 0 fully saturated rings. The first-order chi connectivity index (χ1) is 9.06. The molecule has 2 rings (SSSR count). The molecule has 0 radical (unpaired) electrons. The van der Waals surface area contributed by atoms with Crippen molar-refractivity contribution in [2.75, 3.05) is 19.4 Å². The Morgan fingerprint density at radius 3 is 2.63 bits per heavy atom. The molecular weight excluding hydrogens is 242 g/mol. The highest BCUT2D eigenvalue weighted by Crippen LogP contribution is 2.14. The SMILES string of the molecule is CN(C)C(=O)CC(=O)Nc1ccc2ccccc2n1. The van der Waals surface area contributed by atoms with Crippen molar-refractivity contribution in [1.29, 1.82) is 0 Å². The molecule has 5 heteroatoms. The van der Waals surface area contributed by atoms with Crippen molar-refractivity contribution >= 4 is 28.5 Å². The van der Waals surface area contributed by atoms with Gasteiger partial charge in [0.25, 0.3) is 0 Å². The summed E-state index contributed by atoms with van der Waals surface area (Å²) in [6.07, 6.45) is -0.179. The van der Waals surface area contributed by atoms with Crippen molar-refractivity contribution in [2.24, 2.45) is 0 Å². The molecular formula is C14H15N3O2. The molecule has 0 bridgehead atoms. The minimum atomic E-state index is -0.360. The van der Waals surface area contributed by atoms with Gasteiger partial charge in [-0.15, -0.1) is 0 Å². The van der Waals surface area contributed by atoms with Crippen LogP contribution in [0.25, 0.3) is 10.9 Å². The molecule has 0 saturated heterocycles. The van der Waals surface area contributed by atoms with Crippen LogP contribution in [-0.4, -0.2) is 35.8 Å². The number of nitrogens with one attached hydrogen (secondary N) is 1. The predicted molar refractivity (Wildman–Crippen MR) is 73.7 cm³/mol. The largest absolute Gasteiger partial charge is 0.348 e. The summed E-state index contributed by atoms with van der Waals surface area (Å²) in [5, 5.41) is 3.63. The summed E-state index contributed by atoms with van der Waals surface area (Å²) in [4.78, 5) is 28.8. The maximum Gasteiger partial charge on any atom is 0.234 e. The van der Waals surface area contributed by atoms with Gasteiger partial charge in [-0.25, -0.2) is 4.98 Å². The normalized spacial score (nSPS) is 10.2. The van der Waals surface area contributed by atoms with Gasteiger partial charge in [-0.3, -0.25) is 9.59 Å². The molecule has 0 unspecified atom stereocenters. The van der Waals surface area contributed by atoms with Crippen molar-refractivity contribution < 1.29 is 9.59 Å². The average Bonchev–Trinajstić information content (AvgIpc) is 2.38. The fraction of sp³-hybridized carbons (Fsp3) is 0.214. The number of aromatic nitrogens is 1. The van der Waals surface area contributed by atoms with E-state index >= 15 is 0 Å². The predicted octanol–water partition coefficient (Wildman–Crippen LogP) is 1.65. The Labute approximate surface area is 111 Å². The van der Waals surface area contributed by atoms with E-state index in [0.717, 1.165) is 10.9 Å². The zero-order valence-electron chi connectivity index (χ0n) is 10.9. The van der Waals surface area contributed by atoms with Crippen LogP contribution in [0, 0.1) is 0 Å². The monoisotopic (exact) mass is 257 g/mol. The number of carbonyl (C=O) groups is 2. The van der Waals surface area contributed by atoms with Crippen LogP contribution in [0.4, 0.5) is 5.82 Å². The van der Waals surface area contributed by atoms with E-state index in [1.165, 1.54) is 4.90 Å². The second kappa shape index (κ2) is 5.48. The Bertz CT molecular complexity index is 623. The van der Waals surface area contributed by atoms with Crippen molar-refractivity contribution in [1.82, 2.24) is 9.88 Å². The van der Waals surface area contributed by atoms with Crippen LogP contribution in [-0.2, 0) is 9.59 Å². The second-order valence-corrected chi connectivity index (χ2v) is 4.40. The molecule has 0 atom stereocenters. The maximum absolute atomic E-state index is 11.7. The van der Waals surface area contributed by atoms with E-state index in [9.17, 15) is 9.59 Å². The van der Waals surface area contributed by atoms with Gasteiger partial charge < -0.3 is 10.2 Å². The van der Waals surface area contributed by atoms with E-state index in [-0.39, 0.29) is 18.2 Å². The van der Waals surface area contributed by atoms with Crippen LogP contribution in [0.1, 0.15) is 6.42 Å². The summed E-state index contributed by atoms with van der Waals surface area (Å²) < 4.78 is 0. The number of amides is 2. The molecule has 0 spiro atoms. The fourth-order valence-electron chi connectivity index (χ4n) is 1.62. The Morgan fingerprint density at radius 1 is 1.16 bits per heavy atom. The molecule has 1 aromatic carbocycles. The summed E-state index contributed by atoms with van der Waals surface area (Å²) in [6, 6.07) is 11.2. The van der Waals surface area contributed by atoms with Crippen molar-refractivity contribution in [3.8, 4) is 0 Å². The zero-order valence-corrected chi connectivity index (χ0v) is 10.9. The van der Waals surface area contributed by atoms with Crippen LogP contribution < -0.4 is 5.32 Å². The molecule has 19 heavy (non-hydrogen) atoms. The molecule has 98 valence electrons. The van der Waals surface area contributed by atoms with Crippen LogP contribution in [0.15, 0.2) is 36.4 Å². The first kappa shape index (κ1) is 13.0. The number of anilines is 1. The molecule has 5 nitrogen and oxygen atoms in total. The molecule has 1 aromatic heterocycles. The number of fused-ring (bicyclic) bond motifs is 1. The van der Waals surface area contributed by atoms with Gasteiger partial charge in [0.2, 0.25) is 11.8 Å². The Balaban J connectivity index is 2.09. The molecule has 0 aliphatic carbocycles. The van der Waals surface area contributed by atoms with Gasteiger partial charge in [-0.2, -0.15) is 0 Å². The topological polar surface area (TPSA) is 62.3 Å². The lowest BCUT2D eigenvalue weighted by Gasteiger charge is -2.10. The van der Waals surface area contributed by atoms with E-state index in [4.69, 9.17) is 0 Å². The van der Waals surface area contributed by atoms with Gasteiger partial charge in [-0.05, 0) is 18.2 Å². The van der Waals surface area contributed by atoms with E-state index in [1.54, 1.807) is 20.2 Å². The zero-order chi connectivity index (χ0) is 13.8. The summed E-state index contributed by atoms with van der Waals surface area (Å²) in [7, 11) is 3.23. The van der Waals surface area contributed by atoms with Gasteiger partial charge in [0.05, 0.1) is 5.52 Å². The number of hydrogen-bond acceptors (Lipinski definition) is 3. The number of benzene rings is 1. The molecule has 0 aliphatic heterocycles. The quantitative estimate of drug-likeness (QED) is 0.850. The number of nitrogens with zero attached hydrogens (tertiary/aromatic N) is 2. The van der Waals surface area contributed by atoms with Crippen molar-refractivity contribution in [3.63, 3.8) is 0 Å². The summed E-state index contributed by atoms with van der Waals surface area (Å²) in [6.45, 7) is 0. The van der Waals surface area contributed by atoms with Crippen LogP contribution in [0.5, 0.6) is 0 Å². The first-order valence-electron chi connectivity index (χ1n) is 5.92. The number of hydrogen-bond donors (Lipinski definition) is 1. The Hall–Kier alpha value is -2.43. The highest BCUT2D eigenvalue weighted by Gasteiger charge is 2.11. The fourth-order valence-corrected chi connectivity index (χ4v) is 1.62. The smallest absolute Gasteiger partial charge is 0.234 e. The van der Waals surface area contributed by atoms with E-state index < -0.39 is 0 Å². The lowest BCUT2D eigenvalue weighted by molar-refractivity contribution is -0.132. The number of para-hydroxylation sites is 1. The molecule has 1 N–H and O–H groups in total. The van der Waals surface area contributed by atoms with E-state index in [2.05, 4.69) is 10.3 Å². The second-order valence-electron chi connectivity index (χ2n) is 4.40.